The third-order valence-electron chi connectivity index (χ3n) is 9.93. The molecule has 3 aliphatic heterocycles. The molecule has 44 heavy (non-hydrogen) atoms. The van der Waals surface area contributed by atoms with E-state index >= 15 is 0 Å². The lowest BCUT2D eigenvalue weighted by molar-refractivity contribution is -0.135. The highest BCUT2D eigenvalue weighted by Gasteiger charge is 2.65. The highest BCUT2D eigenvalue weighted by atomic mass is 32.2. The number of carbonyl (C=O) groups is 3. The highest BCUT2D eigenvalue weighted by Crippen LogP contribution is 2.50. The van der Waals surface area contributed by atoms with E-state index in [0.29, 0.717) is 63.2 Å². The van der Waals surface area contributed by atoms with Gasteiger partial charge in [-0.15, -0.1) is 0 Å². The molecule has 6 aliphatic rings. The molecule has 1 aromatic rings. The number of benzene rings is 1. The van der Waals surface area contributed by atoms with Crippen molar-refractivity contribution in [2.24, 2.45) is 17.8 Å². The second kappa shape index (κ2) is 11.3. The van der Waals surface area contributed by atoms with E-state index in [-0.39, 0.29) is 23.8 Å². The zero-order valence-electron chi connectivity index (χ0n) is 24.9. The van der Waals surface area contributed by atoms with Crippen molar-refractivity contribution in [3.05, 3.63) is 36.4 Å². The molecule has 3 aliphatic carbocycles. The molecule has 0 radical (unpaired) electrons. The van der Waals surface area contributed by atoms with Crippen LogP contribution in [-0.2, 0) is 29.1 Å². The minimum atomic E-state index is -3.71. The zero-order valence-corrected chi connectivity index (χ0v) is 25.7. The Balaban J connectivity index is 1.08. The van der Waals surface area contributed by atoms with Gasteiger partial charge in [0, 0.05) is 31.3 Å². The molecule has 238 valence electrons. The molecule has 0 bridgehead atoms. The molecule has 2 unspecified atom stereocenters. The quantitative estimate of drug-likeness (QED) is 0.379. The summed E-state index contributed by atoms with van der Waals surface area (Å²) in [5.41, 5.74) is -0.426. The first-order valence-electron chi connectivity index (χ1n) is 15.8. The van der Waals surface area contributed by atoms with E-state index in [1.54, 1.807) is 9.80 Å². The smallest absolute Gasteiger partial charge is 0.414 e. The lowest BCUT2D eigenvalue weighted by atomic mass is 9.91. The molecule has 13 heteroatoms. The van der Waals surface area contributed by atoms with Crippen molar-refractivity contribution < 1.29 is 37.0 Å². The van der Waals surface area contributed by atoms with Crippen molar-refractivity contribution in [3.63, 3.8) is 0 Å². The first kappa shape index (κ1) is 29.5. The number of carbonyl (C=O) groups excluding carboxylic acids is 3. The number of anilines is 1. The normalized spacial score (nSPS) is 35.8. The lowest BCUT2D eigenvalue weighted by Gasteiger charge is -2.29. The molecule has 3 amide bonds. The number of ether oxygens (including phenoxy) is 3. The van der Waals surface area contributed by atoms with Crippen LogP contribution in [0.1, 0.15) is 51.4 Å². The minimum Gasteiger partial charge on any atom is -0.490 e. The Bertz CT molecular complexity index is 1460. The van der Waals surface area contributed by atoms with Gasteiger partial charge >= 0.3 is 6.09 Å². The van der Waals surface area contributed by atoms with E-state index in [2.05, 4.69) is 10.0 Å². The summed E-state index contributed by atoms with van der Waals surface area (Å²) in [6, 6.07) is 7.33. The molecule has 7 atom stereocenters. The van der Waals surface area contributed by atoms with E-state index in [4.69, 9.17) is 14.2 Å². The van der Waals surface area contributed by atoms with Crippen LogP contribution < -0.4 is 19.7 Å². The van der Waals surface area contributed by atoms with Crippen LogP contribution >= 0.6 is 0 Å². The van der Waals surface area contributed by atoms with Crippen molar-refractivity contribution in [3.8, 4) is 5.75 Å². The minimum absolute atomic E-state index is 0.00258. The van der Waals surface area contributed by atoms with Gasteiger partial charge in [-0.25, -0.2) is 13.2 Å². The van der Waals surface area contributed by atoms with Crippen LogP contribution in [-0.4, -0.2) is 87.2 Å². The van der Waals surface area contributed by atoms with Crippen molar-refractivity contribution in [1.82, 2.24) is 14.9 Å². The fraction of sp³-hybridized carbons (Fsp3) is 0.645. The number of nitrogens with one attached hydrogen (secondary N) is 2. The van der Waals surface area contributed by atoms with Crippen LogP contribution in [0.2, 0.25) is 0 Å². The fourth-order valence-corrected chi connectivity index (χ4v) is 8.47. The van der Waals surface area contributed by atoms with Crippen LogP contribution in [0.5, 0.6) is 5.75 Å². The summed E-state index contributed by atoms with van der Waals surface area (Å²) in [6.07, 6.45) is 7.15. The van der Waals surface area contributed by atoms with Crippen molar-refractivity contribution in [2.75, 3.05) is 31.6 Å². The second-order valence-corrected chi connectivity index (χ2v) is 15.0. The summed E-state index contributed by atoms with van der Waals surface area (Å²) in [6.45, 7) is 1.35. The third-order valence-corrected chi connectivity index (χ3v) is 11.7. The number of para-hydroxylation sites is 2. The second-order valence-electron chi connectivity index (χ2n) is 13.0. The topological polar surface area (TPSA) is 147 Å². The number of hydrogen-bond acceptors (Lipinski definition) is 9. The Morgan fingerprint density at radius 2 is 1.95 bits per heavy atom. The fourth-order valence-electron chi connectivity index (χ4n) is 7.11. The van der Waals surface area contributed by atoms with Gasteiger partial charge in [0.2, 0.25) is 15.9 Å². The Labute approximate surface area is 257 Å². The Morgan fingerprint density at radius 1 is 1.14 bits per heavy atom. The van der Waals surface area contributed by atoms with Gasteiger partial charge in [-0.05, 0) is 63.5 Å². The van der Waals surface area contributed by atoms with Crippen LogP contribution in [0.3, 0.4) is 0 Å². The molecule has 4 fully saturated rings. The predicted molar refractivity (Wildman–Crippen MR) is 159 cm³/mol. The van der Waals surface area contributed by atoms with E-state index < -0.39 is 51.1 Å². The summed E-state index contributed by atoms with van der Waals surface area (Å²) >= 11 is 0. The number of fused-ring (bicyclic) bond motifs is 5. The SMILES string of the molecule is CN1CCCC/C=C\[C@@H]2C[C@@]2(C(=O)NS(=O)(=O)C2CC2)NC2OC2[C@@H]2C[C@@H](OC(=O)N3CCOc4ccccc43)C[C@H]2C1=O. The summed E-state index contributed by atoms with van der Waals surface area (Å²) in [5.74, 6) is -0.721. The first-order chi connectivity index (χ1) is 21.2. The largest absolute Gasteiger partial charge is 0.490 e. The van der Waals surface area contributed by atoms with Gasteiger partial charge in [-0.3, -0.25) is 24.5 Å². The summed E-state index contributed by atoms with van der Waals surface area (Å²) in [7, 11) is -1.89. The van der Waals surface area contributed by atoms with Gasteiger partial charge in [0.1, 0.15) is 36.3 Å². The lowest BCUT2D eigenvalue weighted by Crippen LogP contribution is -2.52. The van der Waals surface area contributed by atoms with E-state index in [9.17, 15) is 22.8 Å². The molecular weight excluding hydrogens is 588 g/mol. The van der Waals surface area contributed by atoms with Crippen LogP contribution in [0.15, 0.2) is 36.4 Å². The van der Waals surface area contributed by atoms with Gasteiger partial charge in [0.05, 0.1) is 17.5 Å². The van der Waals surface area contributed by atoms with Crippen molar-refractivity contribution in [1.29, 1.82) is 0 Å². The number of sulfonamides is 1. The molecule has 12 nitrogen and oxygen atoms in total. The van der Waals surface area contributed by atoms with Gasteiger partial charge in [0.15, 0.2) is 0 Å². The molecule has 2 N–H and O–H groups in total. The molecule has 0 spiro atoms. The van der Waals surface area contributed by atoms with Crippen LogP contribution in [0.25, 0.3) is 0 Å². The zero-order chi connectivity index (χ0) is 30.6. The molecular formula is C31H40N4O8S. The summed E-state index contributed by atoms with van der Waals surface area (Å²) in [4.78, 5) is 43.8. The molecule has 3 saturated carbocycles. The van der Waals surface area contributed by atoms with Gasteiger partial charge in [0.25, 0.3) is 5.91 Å². The Kier molecular flexibility index (Phi) is 7.61. The average Bonchev–Trinajstić information content (AvgIpc) is 3.92. The maximum Gasteiger partial charge on any atom is 0.414 e. The molecule has 7 rings (SSSR count). The van der Waals surface area contributed by atoms with Crippen LogP contribution in [0.4, 0.5) is 10.5 Å². The van der Waals surface area contributed by atoms with E-state index in [1.165, 1.54) is 0 Å². The standard InChI is InChI=1S/C31H40N4O8S/c1-34-13-7-3-2-4-8-19-18-31(19,29(37)33-44(39,40)21-11-12-21)32-27-26(43-27)22-16-20(17-23(22)28(34)36)42-30(38)35-14-15-41-25-10-6-5-9-24(25)35/h4-6,8-10,19-23,26-27,32H,2-3,7,11-18H2,1H3,(H,33,37)/b8-4-/t19-,20-,22-,23-,26?,27?,31-/m1/s1. The highest BCUT2D eigenvalue weighted by molar-refractivity contribution is 7.91. The Hall–Kier alpha value is -3.16. The van der Waals surface area contributed by atoms with Crippen molar-refractivity contribution >= 4 is 33.6 Å². The Morgan fingerprint density at radius 3 is 2.77 bits per heavy atom. The van der Waals surface area contributed by atoms with Gasteiger partial charge in [-0.1, -0.05) is 24.3 Å². The van der Waals surface area contributed by atoms with Crippen LogP contribution in [0, 0.1) is 17.8 Å². The molecule has 1 aromatic carbocycles. The van der Waals surface area contributed by atoms with E-state index in [1.807, 2.05) is 43.5 Å². The van der Waals surface area contributed by atoms with Crippen molar-refractivity contribution in [2.45, 2.75) is 80.6 Å². The average molecular weight is 629 g/mol. The molecule has 1 saturated heterocycles. The number of epoxide rings is 1. The maximum atomic E-state index is 13.7. The predicted octanol–water partition coefficient (Wildman–Crippen LogP) is 2.30. The monoisotopic (exact) mass is 628 g/mol. The molecule has 3 heterocycles. The number of allylic oxidation sites excluding steroid dienone is 1. The number of amides is 3. The summed E-state index contributed by atoms with van der Waals surface area (Å²) < 4.78 is 45.4. The maximum absolute atomic E-state index is 13.7. The number of nitrogens with zero attached hydrogens (tertiary/aromatic N) is 2. The van der Waals surface area contributed by atoms with Gasteiger partial charge in [-0.2, -0.15) is 0 Å². The number of hydrogen-bond donors (Lipinski definition) is 2. The number of rotatable bonds is 4. The first-order valence-corrected chi connectivity index (χ1v) is 17.3. The van der Waals surface area contributed by atoms with E-state index in [0.717, 1.165) is 19.3 Å². The van der Waals surface area contributed by atoms with Gasteiger partial charge < -0.3 is 19.1 Å². The third kappa shape index (κ3) is 5.69. The summed E-state index contributed by atoms with van der Waals surface area (Å²) in [5, 5.41) is 2.84. The molecule has 0 aromatic heterocycles.